The molecule has 1 N–H and O–H groups in total. The molecule has 2 amide bonds. The zero-order valence-electron chi connectivity index (χ0n) is 16.0. The average Bonchev–Trinajstić information content (AvgIpc) is 2.83. The summed E-state index contributed by atoms with van der Waals surface area (Å²) in [5.41, 5.74) is -5.89. The van der Waals surface area contributed by atoms with Crippen molar-refractivity contribution in [3.8, 4) is 0 Å². The lowest BCUT2D eigenvalue weighted by molar-refractivity contribution is -0.302. The summed E-state index contributed by atoms with van der Waals surface area (Å²) in [5.74, 6) is -1.19. The summed E-state index contributed by atoms with van der Waals surface area (Å²) >= 11 is 0. The zero-order chi connectivity index (χ0) is 22.9. The van der Waals surface area contributed by atoms with Gasteiger partial charge in [-0.05, 0) is 26.0 Å². The third kappa shape index (κ3) is 4.06. The number of hydrogen-bond acceptors (Lipinski definition) is 5. The fourth-order valence-electron chi connectivity index (χ4n) is 2.74. The highest BCUT2D eigenvalue weighted by molar-refractivity contribution is 6.47. The van der Waals surface area contributed by atoms with Crippen LogP contribution in [0.4, 0.5) is 36.8 Å². The molecule has 166 valence electrons. The number of carbonyl (C=O) groups is 2. The fourth-order valence-corrected chi connectivity index (χ4v) is 2.74. The predicted octanol–water partition coefficient (Wildman–Crippen LogP) is 3.28. The van der Waals surface area contributed by atoms with Crippen molar-refractivity contribution < 1.29 is 40.7 Å². The number of amides is 2. The molecule has 2 rings (SSSR count). The molecule has 1 aliphatic heterocycles. The summed E-state index contributed by atoms with van der Waals surface area (Å²) < 4.78 is 86.2. The molecule has 1 heterocycles. The summed E-state index contributed by atoms with van der Waals surface area (Å²) in [7, 11) is 1.31. The first kappa shape index (κ1) is 23.4. The largest absolute Gasteiger partial charge is 0.450 e. The highest BCUT2D eigenvalue weighted by atomic mass is 19.4. The molecule has 7 nitrogen and oxygen atoms in total. The van der Waals surface area contributed by atoms with E-state index in [9.17, 15) is 35.9 Å². The van der Waals surface area contributed by atoms with Gasteiger partial charge in [0.25, 0.3) is 5.91 Å². The van der Waals surface area contributed by atoms with Gasteiger partial charge in [-0.1, -0.05) is 18.2 Å². The Morgan fingerprint density at radius 3 is 2.13 bits per heavy atom. The van der Waals surface area contributed by atoms with Crippen LogP contribution in [0, 0.1) is 0 Å². The number of alkyl carbamates (subject to hydrolysis) is 1. The number of carbonyl (C=O) groups excluding carboxylic acids is 2. The van der Waals surface area contributed by atoms with Crippen LogP contribution in [0.3, 0.4) is 0 Å². The summed E-state index contributed by atoms with van der Waals surface area (Å²) in [6.45, 7) is 1.93. The van der Waals surface area contributed by atoms with Crippen molar-refractivity contribution in [2.75, 3.05) is 18.7 Å². The minimum Gasteiger partial charge on any atom is -0.450 e. The van der Waals surface area contributed by atoms with Crippen molar-refractivity contribution in [3.63, 3.8) is 0 Å². The van der Waals surface area contributed by atoms with Gasteiger partial charge in [0, 0.05) is 7.05 Å². The molecule has 1 unspecified atom stereocenters. The highest BCUT2D eigenvalue weighted by Gasteiger charge is 2.73. The number of benzene rings is 1. The van der Waals surface area contributed by atoms with Crippen molar-refractivity contribution in [2.45, 2.75) is 37.9 Å². The van der Waals surface area contributed by atoms with E-state index in [1.807, 2.05) is 0 Å². The molecule has 0 aromatic heterocycles. The maximum atomic E-state index is 13.7. The summed E-state index contributed by atoms with van der Waals surface area (Å²) in [6, 6.07) is 6.32. The number of nitrogens with one attached hydrogen (secondary N) is 1. The summed E-state index contributed by atoms with van der Waals surface area (Å²) in [6.07, 6.45) is -14.2. The Morgan fingerprint density at radius 2 is 1.67 bits per heavy atom. The molecule has 0 radical (unpaired) electrons. The Bertz CT molecular complexity index is 811. The van der Waals surface area contributed by atoms with Crippen molar-refractivity contribution in [1.29, 1.82) is 0 Å². The third-order valence-corrected chi connectivity index (χ3v) is 4.35. The first-order chi connectivity index (χ1) is 13.8. The SMILES string of the molecule is CCOC(=O)NC(N=C1C(=O)N(c2ccccc2)N(C)C1C)(C(F)(F)F)C(F)(F)F. The zero-order valence-corrected chi connectivity index (χ0v) is 16.0. The van der Waals surface area contributed by atoms with Crippen LogP contribution in [0.15, 0.2) is 35.3 Å². The van der Waals surface area contributed by atoms with Crippen LogP contribution in [-0.4, -0.2) is 60.4 Å². The molecule has 13 heteroatoms. The van der Waals surface area contributed by atoms with E-state index < -0.39 is 48.4 Å². The normalized spacial score (nSPS) is 20.0. The number of hydrogen-bond donors (Lipinski definition) is 1. The van der Waals surface area contributed by atoms with Gasteiger partial charge in [-0.15, -0.1) is 0 Å². The molecule has 1 saturated heterocycles. The molecular weight excluding hydrogens is 422 g/mol. The number of aliphatic imine (C=N–C) groups is 1. The average molecular weight is 440 g/mol. The number of para-hydroxylation sites is 1. The van der Waals surface area contributed by atoms with Crippen LogP contribution >= 0.6 is 0 Å². The second kappa shape index (κ2) is 8.13. The van der Waals surface area contributed by atoms with E-state index >= 15 is 0 Å². The van der Waals surface area contributed by atoms with Gasteiger partial charge in [0.1, 0.15) is 5.71 Å². The van der Waals surface area contributed by atoms with E-state index in [1.54, 1.807) is 6.07 Å². The second-order valence-electron chi connectivity index (χ2n) is 6.25. The number of ether oxygens (including phenoxy) is 1. The number of nitrogens with zero attached hydrogens (tertiary/aromatic N) is 3. The van der Waals surface area contributed by atoms with Gasteiger partial charge in [-0.3, -0.25) is 10.1 Å². The lowest BCUT2D eigenvalue weighted by Gasteiger charge is -2.34. The first-order valence-electron chi connectivity index (χ1n) is 8.57. The van der Waals surface area contributed by atoms with Gasteiger partial charge in [0.05, 0.1) is 18.3 Å². The van der Waals surface area contributed by atoms with Crippen LogP contribution < -0.4 is 10.3 Å². The van der Waals surface area contributed by atoms with Crippen LogP contribution in [0.5, 0.6) is 0 Å². The molecule has 1 aromatic rings. The molecule has 1 atom stereocenters. The Morgan fingerprint density at radius 1 is 1.13 bits per heavy atom. The van der Waals surface area contributed by atoms with E-state index in [2.05, 4.69) is 9.73 Å². The first-order valence-corrected chi connectivity index (χ1v) is 8.57. The monoisotopic (exact) mass is 440 g/mol. The molecule has 0 saturated carbocycles. The third-order valence-electron chi connectivity index (χ3n) is 4.35. The number of hydrazine groups is 1. The van der Waals surface area contributed by atoms with Gasteiger partial charge in [0.2, 0.25) is 0 Å². The molecule has 1 aliphatic rings. The standard InChI is InChI=1S/C17H18F6N4O3/c1-4-30-14(29)25-15(16(18,19)20,17(21,22)23)24-12-10(2)26(3)27(13(12)28)11-8-6-5-7-9-11/h5-10H,4H2,1-3H3,(H,25,29). The molecule has 0 bridgehead atoms. The summed E-state index contributed by atoms with van der Waals surface area (Å²) in [5, 5.41) is 2.79. The van der Waals surface area contributed by atoms with Gasteiger partial charge in [-0.25, -0.2) is 19.8 Å². The Balaban J connectivity index is 2.64. The number of anilines is 1. The van der Waals surface area contributed by atoms with Crippen LogP contribution in [0.2, 0.25) is 0 Å². The number of rotatable bonds is 4. The predicted molar refractivity (Wildman–Crippen MR) is 93.6 cm³/mol. The van der Waals surface area contributed by atoms with E-state index in [0.717, 1.165) is 15.3 Å². The molecular formula is C17H18F6N4O3. The molecule has 0 aliphatic carbocycles. The second-order valence-corrected chi connectivity index (χ2v) is 6.25. The maximum absolute atomic E-state index is 13.7. The van der Waals surface area contributed by atoms with Gasteiger partial charge >= 0.3 is 24.1 Å². The van der Waals surface area contributed by atoms with Crippen molar-refractivity contribution >= 4 is 23.4 Å². The maximum Gasteiger partial charge on any atom is 0.441 e. The van der Waals surface area contributed by atoms with Crippen molar-refractivity contribution in [1.82, 2.24) is 10.3 Å². The van der Waals surface area contributed by atoms with Gasteiger partial charge in [0.15, 0.2) is 0 Å². The molecule has 1 fully saturated rings. The summed E-state index contributed by atoms with van der Waals surface area (Å²) in [4.78, 5) is 27.1. The minimum atomic E-state index is -6.12. The minimum absolute atomic E-state index is 0.213. The van der Waals surface area contributed by atoms with E-state index in [1.165, 1.54) is 45.2 Å². The van der Waals surface area contributed by atoms with Gasteiger partial charge in [-0.2, -0.15) is 26.3 Å². The van der Waals surface area contributed by atoms with Gasteiger partial charge < -0.3 is 4.74 Å². The molecule has 30 heavy (non-hydrogen) atoms. The lowest BCUT2D eigenvalue weighted by Crippen LogP contribution is -2.67. The quantitative estimate of drug-likeness (QED) is 0.730. The Labute approximate surface area is 167 Å². The van der Waals surface area contributed by atoms with Crippen LogP contribution in [0.1, 0.15) is 13.8 Å². The van der Waals surface area contributed by atoms with Crippen molar-refractivity contribution in [2.24, 2.45) is 4.99 Å². The molecule has 0 spiro atoms. The van der Waals surface area contributed by atoms with Crippen LogP contribution in [0.25, 0.3) is 0 Å². The van der Waals surface area contributed by atoms with Crippen LogP contribution in [-0.2, 0) is 9.53 Å². The Kier molecular flexibility index (Phi) is 6.35. The smallest absolute Gasteiger partial charge is 0.441 e. The van der Waals surface area contributed by atoms with E-state index in [4.69, 9.17) is 0 Å². The Hall–Kier alpha value is -2.83. The fraction of sp³-hybridized carbons (Fsp3) is 0.471. The topological polar surface area (TPSA) is 74.2 Å². The van der Waals surface area contributed by atoms with E-state index in [-0.39, 0.29) is 5.69 Å². The number of halogens is 6. The molecule has 1 aromatic carbocycles. The highest BCUT2D eigenvalue weighted by Crippen LogP contribution is 2.45. The number of alkyl halides is 6. The lowest BCUT2D eigenvalue weighted by atomic mass is 10.1. The van der Waals surface area contributed by atoms with E-state index in [0.29, 0.717) is 0 Å². The van der Waals surface area contributed by atoms with Crippen molar-refractivity contribution in [3.05, 3.63) is 30.3 Å².